The van der Waals surface area contributed by atoms with Gasteiger partial charge in [0.15, 0.2) is 6.61 Å². The molecule has 0 aliphatic rings. The van der Waals surface area contributed by atoms with Crippen molar-refractivity contribution in [3.05, 3.63) is 50.5 Å². The fraction of sp³-hybridized carbons (Fsp3) is 0.294. The highest BCUT2D eigenvalue weighted by atomic mass is 32.1. The van der Waals surface area contributed by atoms with E-state index in [1.165, 1.54) is 28.4 Å². The van der Waals surface area contributed by atoms with Gasteiger partial charge in [0.05, 0.1) is 16.3 Å². The lowest BCUT2D eigenvalue weighted by atomic mass is 10.4. The first-order valence-electron chi connectivity index (χ1n) is 8.53. The van der Waals surface area contributed by atoms with Gasteiger partial charge in [-0.25, -0.2) is 4.79 Å². The maximum Gasteiger partial charge on any atom is 0.349 e. The summed E-state index contributed by atoms with van der Waals surface area (Å²) in [6, 6.07) is 6.23. The number of rotatable bonds is 9. The van der Waals surface area contributed by atoms with Crippen molar-refractivity contribution in [1.29, 1.82) is 0 Å². The van der Waals surface area contributed by atoms with E-state index in [1.54, 1.807) is 0 Å². The molecule has 12 heteroatoms. The molecule has 0 unspecified atom stereocenters. The smallest absolute Gasteiger partial charge is 0.349 e. The third-order valence-corrected chi connectivity index (χ3v) is 5.55. The van der Waals surface area contributed by atoms with E-state index in [0.717, 1.165) is 4.88 Å². The monoisotopic (exact) mass is 436 g/mol. The van der Waals surface area contributed by atoms with Gasteiger partial charge in [-0.2, -0.15) is 0 Å². The van der Waals surface area contributed by atoms with Crippen LogP contribution in [0.1, 0.15) is 28.9 Å². The maximum absolute atomic E-state index is 12.5. The summed E-state index contributed by atoms with van der Waals surface area (Å²) in [4.78, 5) is 36.9. The molecule has 0 saturated carbocycles. The van der Waals surface area contributed by atoms with Crippen molar-refractivity contribution < 1.29 is 23.7 Å². The molecule has 0 fully saturated rings. The lowest BCUT2D eigenvalue weighted by molar-refractivity contribution is -0.380. The van der Waals surface area contributed by atoms with E-state index in [1.807, 2.05) is 24.4 Å². The molecule has 3 aromatic rings. The van der Waals surface area contributed by atoms with Crippen LogP contribution in [0.5, 0.6) is 0 Å². The molecule has 0 spiro atoms. The molecule has 0 aromatic carbocycles. The van der Waals surface area contributed by atoms with Crippen molar-refractivity contribution in [2.24, 2.45) is 0 Å². The number of esters is 1. The minimum atomic E-state index is -0.786. The molecule has 1 amide bonds. The first-order valence-corrected chi connectivity index (χ1v) is 10.2. The predicted octanol–water partition coefficient (Wildman–Crippen LogP) is 3.36. The molecule has 10 nitrogen and oxygen atoms in total. The van der Waals surface area contributed by atoms with Crippen LogP contribution >= 0.6 is 22.7 Å². The van der Waals surface area contributed by atoms with Gasteiger partial charge < -0.3 is 14.1 Å². The van der Waals surface area contributed by atoms with Gasteiger partial charge in [-0.15, -0.1) is 21.5 Å². The van der Waals surface area contributed by atoms with Crippen molar-refractivity contribution in [3.63, 3.8) is 0 Å². The highest BCUT2D eigenvalue weighted by molar-refractivity contribution is 7.17. The predicted molar refractivity (Wildman–Crippen MR) is 105 cm³/mol. The third kappa shape index (κ3) is 5.23. The minimum Gasteiger partial charge on any atom is -0.451 e. The number of amides is 1. The summed E-state index contributed by atoms with van der Waals surface area (Å²) >= 11 is 2.15. The molecule has 0 saturated heterocycles. The van der Waals surface area contributed by atoms with Crippen molar-refractivity contribution >= 4 is 39.6 Å². The van der Waals surface area contributed by atoms with Crippen molar-refractivity contribution in [2.45, 2.75) is 19.9 Å². The van der Waals surface area contributed by atoms with Crippen LogP contribution in [0.3, 0.4) is 0 Å². The Bertz CT molecular complexity index is 997. The molecule has 3 aromatic heterocycles. The number of nitro groups is 1. The Morgan fingerprint density at radius 2 is 2.14 bits per heavy atom. The number of carbonyl (C=O) groups is 2. The molecule has 0 atom stereocenters. The van der Waals surface area contributed by atoms with Gasteiger partial charge in [-0.1, -0.05) is 24.3 Å². The number of ether oxygens (including phenoxy) is 1. The quantitative estimate of drug-likeness (QED) is 0.284. The Hall–Kier alpha value is -3.12. The number of thiophene rings is 2. The summed E-state index contributed by atoms with van der Waals surface area (Å²) in [5, 5.41) is 20.4. The number of hydrogen-bond donors (Lipinski definition) is 0. The highest BCUT2D eigenvalue weighted by Gasteiger charge is 2.21. The number of nitrogens with zero attached hydrogens (tertiary/aromatic N) is 4. The zero-order chi connectivity index (χ0) is 20.8. The van der Waals surface area contributed by atoms with Crippen LogP contribution in [-0.2, 0) is 16.1 Å². The van der Waals surface area contributed by atoms with Crippen LogP contribution in [0.4, 0.5) is 5.00 Å². The van der Waals surface area contributed by atoms with Gasteiger partial charge in [-0.05, 0) is 23.9 Å². The SMILES string of the molecule is CCCN(Cc1nnc(-c2cccs2)o1)C(=O)COC(=O)c1ccc([N+](=O)[O-])s1. The van der Waals surface area contributed by atoms with E-state index in [9.17, 15) is 19.7 Å². The van der Waals surface area contributed by atoms with Crippen LogP contribution in [0.15, 0.2) is 34.1 Å². The standard InChI is InChI=1S/C17H16N4O6S2/c1-2-7-20(9-13-18-19-16(27-13)11-4-3-8-28-11)14(22)10-26-17(23)12-5-6-15(29-12)21(24)25/h3-6,8H,2,7,9-10H2,1H3. The lowest BCUT2D eigenvalue weighted by Crippen LogP contribution is -2.35. The van der Waals surface area contributed by atoms with Crippen LogP contribution in [0, 0.1) is 10.1 Å². The van der Waals surface area contributed by atoms with E-state index in [-0.39, 0.29) is 22.3 Å². The van der Waals surface area contributed by atoms with E-state index in [0.29, 0.717) is 30.2 Å². The van der Waals surface area contributed by atoms with Gasteiger partial charge in [0.1, 0.15) is 4.88 Å². The Labute approximate surface area is 172 Å². The summed E-state index contributed by atoms with van der Waals surface area (Å²) in [6.45, 7) is 1.92. The summed E-state index contributed by atoms with van der Waals surface area (Å²) < 4.78 is 10.6. The summed E-state index contributed by atoms with van der Waals surface area (Å²) in [7, 11) is 0. The average molecular weight is 436 g/mol. The Kier molecular flexibility index (Phi) is 6.67. The number of aromatic nitrogens is 2. The summed E-state index contributed by atoms with van der Waals surface area (Å²) in [6.07, 6.45) is 0.683. The fourth-order valence-corrected chi connectivity index (χ4v) is 3.73. The molecule has 0 aliphatic heterocycles. The van der Waals surface area contributed by atoms with Gasteiger partial charge in [0, 0.05) is 12.6 Å². The van der Waals surface area contributed by atoms with E-state index >= 15 is 0 Å². The zero-order valence-corrected chi connectivity index (χ0v) is 16.9. The van der Waals surface area contributed by atoms with Crippen molar-refractivity contribution in [1.82, 2.24) is 15.1 Å². The molecule has 3 heterocycles. The Morgan fingerprint density at radius 3 is 2.79 bits per heavy atom. The third-order valence-electron chi connectivity index (χ3n) is 3.67. The van der Waals surface area contributed by atoms with E-state index in [4.69, 9.17) is 9.15 Å². The van der Waals surface area contributed by atoms with Crippen LogP contribution in [0.2, 0.25) is 0 Å². The second-order valence-electron chi connectivity index (χ2n) is 5.76. The molecule has 152 valence electrons. The van der Waals surface area contributed by atoms with Crippen molar-refractivity contribution in [3.8, 4) is 10.8 Å². The topological polar surface area (TPSA) is 129 Å². The summed E-state index contributed by atoms with van der Waals surface area (Å²) in [5.74, 6) is -0.562. The molecule has 0 aliphatic carbocycles. The first kappa shape index (κ1) is 20.6. The second-order valence-corrected chi connectivity index (χ2v) is 7.77. The molecule has 0 bridgehead atoms. The van der Waals surface area contributed by atoms with Gasteiger partial charge in [-0.3, -0.25) is 14.9 Å². The second kappa shape index (κ2) is 9.39. The highest BCUT2D eigenvalue weighted by Crippen LogP contribution is 2.25. The fourth-order valence-electron chi connectivity index (χ4n) is 2.37. The lowest BCUT2D eigenvalue weighted by Gasteiger charge is -2.19. The van der Waals surface area contributed by atoms with Gasteiger partial charge in [0.2, 0.25) is 5.89 Å². The average Bonchev–Trinajstić information content (AvgIpc) is 3.46. The first-order chi connectivity index (χ1) is 14.0. The number of hydrogen-bond acceptors (Lipinski definition) is 10. The molecule has 3 rings (SSSR count). The minimum absolute atomic E-state index is 0.0593. The van der Waals surface area contributed by atoms with Crippen molar-refractivity contribution in [2.75, 3.05) is 13.2 Å². The molecule has 0 radical (unpaired) electrons. The molecular formula is C17H16N4O6S2. The largest absolute Gasteiger partial charge is 0.451 e. The maximum atomic E-state index is 12.5. The van der Waals surface area contributed by atoms with Crippen LogP contribution in [0.25, 0.3) is 10.8 Å². The molecule has 0 N–H and O–H groups in total. The zero-order valence-electron chi connectivity index (χ0n) is 15.3. The van der Waals surface area contributed by atoms with Gasteiger partial charge in [0.25, 0.3) is 11.8 Å². The van der Waals surface area contributed by atoms with Crippen LogP contribution < -0.4 is 0 Å². The molecular weight excluding hydrogens is 420 g/mol. The summed E-state index contributed by atoms with van der Waals surface area (Å²) in [5.41, 5.74) is 0. The van der Waals surface area contributed by atoms with E-state index < -0.39 is 23.4 Å². The van der Waals surface area contributed by atoms with Crippen LogP contribution in [-0.4, -0.2) is 45.0 Å². The Balaban J connectivity index is 1.59. The van der Waals surface area contributed by atoms with E-state index in [2.05, 4.69) is 10.2 Å². The Morgan fingerprint density at radius 1 is 1.31 bits per heavy atom. The molecule has 29 heavy (non-hydrogen) atoms. The number of carbonyl (C=O) groups excluding carboxylic acids is 2. The van der Waals surface area contributed by atoms with Gasteiger partial charge >= 0.3 is 11.0 Å². The normalized spacial score (nSPS) is 10.7.